The molecule has 2 aromatic carbocycles. The van der Waals surface area contributed by atoms with E-state index < -0.39 is 0 Å². The molecule has 0 atom stereocenters. The van der Waals surface area contributed by atoms with Crippen molar-refractivity contribution in [3.8, 4) is 5.75 Å². The second-order valence-electron chi connectivity index (χ2n) is 7.13. The van der Waals surface area contributed by atoms with Gasteiger partial charge in [0.05, 0.1) is 12.2 Å². The minimum absolute atomic E-state index is 0.201. The fourth-order valence-electron chi connectivity index (χ4n) is 3.98. The first-order chi connectivity index (χ1) is 14.1. The number of benzene rings is 2. The van der Waals surface area contributed by atoms with Crippen LogP contribution in [0.25, 0.3) is 5.57 Å². The molecule has 0 saturated carbocycles. The molecule has 0 unspecified atom stereocenters. The van der Waals surface area contributed by atoms with E-state index in [-0.39, 0.29) is 18.4 Å². The van der Waals surface area contributed by atoms with E-state index in [0.717, 1.165) is 17.7 Å². The SMILES string of the molecule is C=CCN1C(=O)C(c2ccc(OCC)cc2)=C(N2CCc3ccccc3C2)C1=O. The van der Waals surface area contributed by atoms with Gasteiger partial charge in [-0.25, -0.2) is 0 Å². The summed E-state index contributed by atoms with van der Waals surface area (Å²) in [5, 5.41) is 0. The molecule has 5 heteroatoms. The lowest BCUT2D eigenvalue weighted by atomic mass is 9.98. The maximum atomic E-state index is 13.2. The highest BCUT2D eigenvalue weighted by Crippen LogP contribution is 2.34. The van der Waals surface area contributed by atoms with Gasteiger partial charge in [0.25, 0.3) is 11.8 Å². The Kier molecular flexibility index (Phi) is 5.21. The van der Waals surface area contributed by atoms with Crippen LogP contribution in [0.3, 0.4) is 0 Å². The van der Waals surface area contributed by atoms with Crippen molar-refractivity contribution < 1.29 is 14.3 Å². The second kappa shape index (κ2) is 7.95. The highest BCUT2D eigenvalue weighted by molar-refractivity contribution is 6.35. The third kappa shape index (κ3) is 3.44. The van der Waals surface area contributed by atoms with E-state index >= 15 is 0 Å². The summed E-state index contributed by atoms with van der Waals surface area (Å²) in [6.07, 6.45) is 2.43. The van der Waals surface area contributed by atoms with Crippen molar-refractivity contribution in [2.75, 3.05) is 19.7 Å². The number of fused-ring (bicyclic) bond motifs is 1. The van der Waals surface area contributed by atoms with Crippen molar-refractivity contribution in [1.29, 1.82) is 0 Å². The van der Waals surface area contributed by atoms with E-state index in [2.05, 4.69) is 18.7 Å². The van der Waals surface area contributed by atoms with Gasteiger partial charge >= 0.3 is 0 Å². The van der Waals surface area contributed by atoms with Crippen molar-refractivity contribution in [1.82, 2.24) is 9.80 Å². The average molecular weight is 388 g/mol. The first-order valence-electron chi connectivity index (χ1n) is 9.90. The molecule has 0 saturated heterocycles. The first-order valence-corrected chi connectivity index (χ1v) is 9.90. The van der Waals surface area contributed by atoms with Gasteiger partial charge in [0.15, 0.2) is 0 Å². The molecular formula is C24H24N2O3. The smallest absolute Gasteiger partial charge is 0.278 e. The number of carbonyl (C=O) groups excluding carboxylic acids is 2. The summed E-state index contributed by atoms with van der Waals surface area (Å²) in [6.45, 7) is 7.72. The lowest BCUT2D eigenvalue weighted by molar-refractivity contribution is -0.136. The van der Waals surface area contributed by atoms with Gasteiger partial charge in [0, 0.05) is 19.6 Å². The Morgan fingerprint density at radius 2 is 1.76 bits per heavy atom. The van der Waals surface area contributed by atoms with Crippen molar-refractivity contribution in [3.63, 3.8) is 0 Å². The maximum absolute atomic E-state index is 13.2. The van der Waals surface area contributed by atoms with Gasteiger partial charge < -0.3 is 9.64 Å². The molecule has 0 spiro atoms. The molecule has 0 bridgehead atoms. The standard InChI is InChI=1S/C24H24N2O3/c1-3-14-26-23(27)21(18-9-11-20(12-10-18)29-4-2)22(24(26)28)25-15-13-17-7-5-6-8-19(17)16-25/h3,5-12H,1,4,13-16H2,2H3. The summed E-state index contributed by atoms with van der Waals surface area (Å²) in [7, 11) is 0. The quantitative estimate of drug-likeness (QED) is 0.562. The van der Waals surface area contributed by atoms with Crippen LogP contribution in [0.15, 0.2) is 66.9 Å². The molecule has 0 N–H and O–H groups in total. The molecule has 2 aromatic rings. The molecule has 4 rings (SSSR count). The van der Waals surface area contributed by atoms with Crippen LogP contribution in [0.1, 0.15) is 23.6 Å². The first kappa shape index (κ1) is 19.0. The zero-order valence-electron chi connectivity index (χ0n) is 16.6. The lowest BCUT2D eigenvalue weighted by Gasteiger charge is -2.31. The molecule has 0 radical (unpaired) electrons. The third-order valence-electron chi connectivity index (χ3n) is 5.36. The van der Waals surface area contributed by atoms with Crippen LogP contribution in [0.5, 0.6) is 5.75 Å². The second-order valence-corrected chi connectivity index (χ2v) is 7.13. The Labute approximate surface area is 170 Å². The Balaban J connectivity index is 1.76. The van der Waals surface area contributed by atoms with Crippen LogP contribution >= 0.6 is 0 Å². The zero-order chi connectivity index (χ0) is 20.4. The van der Waals surface area contributed by atoms with Crippen molar-refractivity contribution in [2.45, 2.75) is 19.9 Å². The molecule has 2 aliphatic rings. The molecule has 0 aromatic heterocycles. The predicted molar refractivity (Wildman–Crippen MR) is 112 cm³/mol. The highest BCUT2D eigenvalue weighted by Gasteiger charge is 2.41. The number of hydrogen-bond donors (Lipinski definition) is 0. The molecular weight excluding hydrogens is 364 g/mol. The van der Waals surface area contributed by atoms with Gasteiger partial charge in [0.1, 0.15) is 11.4 Å². The summed E-state index contributed by atoms with van der Waals surface area (Å²) in [6, 6.07) is 15.6. The van der Waals surface area contributed by atoms with E-state index in [4.69, 9.17) is 4.74 Å². The Morgan fingerprint density at radius 3 is 2.45 bits per heavy atom. The van der Waals surface area contributed by atoms with Crippen LogP contribution in [-0.4, -0.2) is 41.3 Å². The van der Waals surface area contributed by atoms with Gasteiger partial charge in [-0.15, -0.1) is 6.58 Å². The van der Waals surface area contributed by atoms with Crippen molar-refractivity contribution >= 4 is 17.4 Å². The lowest BCUT2D eigenvalue weighted by Crippen LogP contribution is -2.37. The topological polar surface area (TPSA) is 49.9 Å². The van der Waals surface area contributed by atoms with E-state index in [1.54, 1.807) is 6.08 Å². The molecule has 5 nitrogen and oxygen atoms in total. The van der Waals surface area contributed by atoms with Crippen LogP contribution in [0.4, 0.5) is 0 Å². The van der Waals surface area contributed by atoms with Crippen LogP contribution < -0.4 is 4.74 Å². The van der Waals surface area contributed by atoms with Gasteiger partial charge in [-0.3, -0.25) is 14.5 Å². The number of imide groups is 1. The fraction of sp³-hybridized carbons (Fsp3) is 0.250. The largest absolute Gasteiger partial charge is 0.494 e. The van der Waals surface area contributed by atoms with Crippen LogP contribution in [-0.2, 0) is 22.6 Å². The number of nitrogens with zero attached hydrogens (tertiary/aromatic N) is 2. The molecule has 29 heavy (non-hydrogen) atoms. The third-order valence-corrected chi connectivity index (χ3v) is 5.36. The summed E-state index contributed by atoms with van der Waals surface area (Å²) in [5.41, 5.74) is 4.16. The monoisotopic (exact) mass is 388 g/mol. The number of carbonyl (C=O) groups is 2. The summed E-state index contributed by atoms with van der Waals surface area (Å²) >= 11 is 0. The Bertz CT molecular complexity index is 991. The van der Waals surface area contributed by atoms with Gasteiger partial charge in [-0.1, -0.05) is 42.5 Å². The number of ether oxygens (including phenoxy) is 1. The van der Waals surface area contributed by atoms with Crippen molar-refractivity contribution in [2.24, 2.45) is 0 Å². The molecule has 2 amide bonds. The summed E-state index contributed by atoms with van der Waals surface area (Å²) in [5.74, 6) is 0.219. The molecule has 2 aliphatic heterocycles. The Morgan fingerprint density at radius 1 is 1.03 bits per heavy atom. The van der Waals surface area contributed by atoms with Gasteiger partial charge in [0.2, 0.25) is 0 Å². The minimum atomic E-state index is -0.270. The fourth-order valence-corrected chi connectivity index (χ4v) is 3.98. The van der Waals surface area contributed by atoms with E-state index in [1.807, 2.05) is 48.2 Å². The van der Waals surface area contributed by atoms with Gasteiger partial charge in [-0.2, -0.15) is 0 Å². The molecule has 0 aliphatic carbocycles. The summed E-state index contributed by atoms with van der Waals surface area (Å²) < 4.78 is 5.51. The zero-order valence-corrected chi connectivity index (χ0v) is 16.6. The number of hydrogen-bond acceptors (Lipinski definition) is 4. The minimum Gasteiger partial charge on any atom is -0.494 e. The van der Waals surface area contributed by atoms with E-state index in [9.17, 15) is 9.59 Å². The summed E-state index contributed by atoms with van der Waals surface area (Å²) in [4.78, 5) is 29.7. The Hall–Kier alpha value is -3.34. The van der Waals surface area contributed by atoms with Crippen LogP contribution in [0.2, 0.25) is 0 Å². The number of amides is 2. The maximum Gasteiger partial charge on any atom is 0.278 e. The average Bonchev–Trinajstić information content (AvgIpc) is 2.99. The van der Waals surface area contributed by atoms with Crippen LogP contribution in [0, 0.1) is 0 Å². The highest BCUT2D eigenvalue weighted by atomic mass is 16.5. The normalized spacial score (nSPS) is 16.3. The predicted octanol–water partition coefficient (Wildman–Crippen LogP) is 3.41. The molecule has 2 heterocycles. The van der Waals surface area contributed by atoms with E-state index in [1.165, 1.54) is 16.0 Å². The molecule has 0 fully saturated rings. The van der Waals surface area contributed by atoms with E-state index in [0.29, 0.717) is 31.0 Å². The number of rotatable bonds is 6. The van der Waals surface area contributed by atoms with Gasteiger partial charge in [-0.05, 0) is 42.2 Å². The molecule has 148 valence electrons. The van der Waals surface area contributed by atoms with Crippen molar-refractivity contribution in [3.05, 3.63) is 83.6 Å².